The molecule has 2 heterocycles. The van der Waals surface area contributed by atoms with Crippen molar-refractivity contribution in [2.45, 2.75) is 38.1 Å². The summed E-state index contributed by atoms with van der Waals surface area (Å²) in [6, 6.07) is 13.7. The van der Waals surface area contributed by atoms with E-state index in [2.05, 4.69) is 10.2 Å². The lowest BCUT2D eigenvalue weighted by atomic mass is 10.1. The minimum Gasteiger partial charge on any atom is -0.494 e. The standard InChI is InChI=1S/C21H28N2O3/c24-21(12-8-15-25-18-9-3-1-4-10-18)22-17-19(20-11-7-16-26-20)23-13-5-2-6-14-23/h1,3-4,7,9-11,16,19H,2,5-6,8,12-15,17H2,(H,22,24). The van der Waals surface area contributed by atoms with Gasteiger partial charge in [-0.05, 0) is 56.6 Å². The molecule has 26 heavy (non-hydrogen) atoms. The van der Waals surface area contributed by atoms with E-state index >= 15 is 0 Å². The molecule has 1 saturated heterocycles. The molecular weight excluding hydrogens is 328 g/mol. The first-order valence-corrected chi connectivity index (χ1v) is 9.55. The van der Waals surface area contributed by atoms with E-state index in [1.807, 2.05) is 42.5 Å². The van der Waals surface area contributed by atoms with Gasteiger partial charge >= 0.3 is 0 Å². The van der Waals surface area contributed by atoms with Crippen molar-refractivity contribution in [1.29, 1.82) is 0 Å². The number of benzene rings is 1. The van der Waals surface area contributed by atoms with E-state index in [-0.39, 0.29) is 11.9 Å². The van der Waals surface area contributed by atoms with E-state index in [1.54, 1.807) is 6.26 Å². The van der Waals surface area contributed by atoms with E-state index in [9.17, 15) is 4.79 Å². The number of para-hydroxylation sites is 1. The maximum absolute atomic E-state index is 12.2. The molecule has 1 aromatic carbocycles. The Morgan fingerprint density at radius 3 is 2.65 bits per heavy atom. The molecule has 0 bridgehead atoms. The molecule has 0 aliphatic carbocycles. The predicted molar refractivity (Wildman–Crippen MR) is 101 cm³/mol. The highest BCUT2D eigenvalue weighted by molar-refractivity contribution is 5.75. The van der Waals surface area contributed by atoms with Gasteiger partial charge in [-0.1, -0.05) is 24.6 Å². The molecule has 3 rings (SSSR count). The van der Waals surface area contributed by atoms with Crippen molar-refractivity contribution < 1.29 is 13.9 Å². The maximum Gasteiger partial charge on any atom is 0.220 e. The molecule has 1 atom stereocenters. The van der Waals surface area contributed by atoms with Crippen molar-refractivity contribution in [1.82, 2.24) is 10.2 Å². The highest BCUT2D eigenvalue weighted by Gasteiger charge is 2.24. The summed E-state index contributed by atoms with van der Waals surface area (Å²) in [5.74, 6) is 1.84. The van der Waals surface area contributed by atoms with Crippen LogP contribution in [0.1, 0.15) is 43.9 Å². The van der Waals surface area contributed by atoms with Gasteiger partial charge in [-0.25, -0.2) is 0 Å². The van der Waals surface area contributed by atoms with Gasteiger partial charge in [0.15, 0.2) is 0 Å². The summed E-state index contributed by atoms with van der Waals surface area (Å²) in [6.45, 7) is 3.26. The Balaban J connectivity index is 1.41. The van der Waals surface area contributed by atoms with Crippen LogP contribution in [0, 0.1) is 0 Å². The molecular formula is C21H28N2O3. The van der Waals surface area contributed by atoms with Crippen LogP contribution in [0.25, 0.3) is 0 Å². The fourth-order valence-electron chi connectivity index (χ4n) is 3.36. The Hall–Kier alpha value is -2.27. The highest BCUT2D eigenvalue weighted by atomic mass is 16.5. The van der Waals surface area contributed by atoms with Gasteiger partial charge < -0.3 is 14.5 Å². The van der Waals surface area contributed by atoms with Crippen LogP contribution >= 0.6 is 0 Å². The summed E-state index contributed by atoms with van der Waals surface area (Å²) >= 11 is 0. The Bertz CT molecular complexity index is 637. The number of hydrogen-bond acceptors (Lipinski definition) is 4. The first-order chi connectivity index (χ1) is 12.8. The zero-order valence-corrected chi connectivity index (χ0v) is 15.2. The Labute approximate surface area is 155 Å². The lowest BCUT2D eigenvalue weighted by molar-refractivity contribution is -0.121. The van der Waals surface area contributed by atoms with Gasteiger partial charge in [0.2, 0.25) is 5.91 Å². The van der Waals surface area contributed by atoms with E-state index in [0.717, 1.165) is 24.6 Å². The van der Waals surface area contributed by atoms with Gasteiger partial charge in [-0.15, -0.1) is 0 Å². The van der Waals surface area contributed by atoms with Gasteiger partial charge in [-0.2, -0.15) is 0 Å². The van der Waals surface area contributed by atoms with Crippen LogP contribution in [0.4, 0.5) is 0 Å². The van der Waals surface area contributed by atoms with Crippen molar-refractivity contribution in [3.05, 3.63) is 54.5 Å². The molecule has 5 nitrogen and oxygen atoms in total. The Kier molecular flexibility index (Phi) is 7.14. The van der Waals surface area contributed by atoms with E-state index in [4.69, 9.17) is 9.15 Å². The topological polar surface area (TPSA) is 54.7 Å². The summed E-state index contributed by atoms with van der Waals surface area (Å²) in [6.07, 6.45) is 6.59. The first kappa shape index (κ1) is 18.5. The molecule has 5 heteroatoms. The number of carbonyl (C=O) groups excluding carboxylic acids is 1. The van der Waals surface area contributed by atoms with Crippen LogP contribution < -0.4 is 10.1 Å². The monoisotopic (exact) mass is 356 g/mol. The van der Waals surface area contributed by atoms with Crippen molar-refractivity contribution >= 4 is 5.91 Å². The lowest BCUT2D eigenvalue weighted by Crippen LogP contribution is -2.40. The second-order valence-electron chi connectivity index (χ2n) is 6.70. The second kappa shape index (κ2) is 10.0. The molecule has 1 aromatic heterocycles. The molecule has 2 aromatic rings. The number of ether oxygens (including phenoxy) is 1. The Morgan fingerprint density at radius 2 is 1.92 bits per heavy atom. The third kappa shape index (κ3) is 5.63. The number of likely N-dealkylation sites (tertiary alicyclic amines) is 1. The zero-order chi connectivity index (χ0) is 18.0. The summed E-state index contributed by atoms with van der Waals surface area (Å²) in [5, 5.41) is 3.07. The van der Waals surface area contributed by atoms with Gasteiger partial charge in [0.05, 0.1) is 18.9 Å². The van der Waals surface area contributed by atoms with E-state index in [0.29, 0.717) is 26.0 Å². The largest absolute Gasteiger partial charge is 0.494 e. The minimum absolute atomic E-state index is 0.0650. The molecule has 1 aliphatic heterocycles. The average Bonchev–Trinajstić information content (AvgIpc) is 3.22. The van der Waals surface area contributed by atoms with Crippen molar-refractivity contribution in [3.63, 3.8) is 0 Å². The molecule has 1 unspecified atom stereocenters. The van der Waals surface area contributed by atoms with Gasteiger partial charge in [-0.3, -0.25) is 9.69 Å². The summed E-state index contributed by atoms with van der Waals surface area (Å²) < 4.78 is 11.2. The zero-order valence-electron chi connectivity index (χ0n) is 15.2. The number of nitrogens with zero attached hydrogens (tertiary/aromatic N) is 1. The van der Waals surface area contributed by atoms with Crippen LogP contribution in [0.15, 0.2) is 53.1 Å². The van der Waals surface area contributed by atoms with Crippen molar-refractivity contribution in [2.24, 2.45) is 0 Å². The second-order valence-corrected chi connectivity index (χ2v) is 6.70. The first-order valence-electron chi connectivity index (χ1n) is 9.55. The average molecular weight is 356 g/mol. The molecule has 1 aliphatic rings. The van der Waals surface area contributed by atoms with Crippen molar-refractivity contribution in [2.75, 3.05) is 26.2 Å². The summed E-state index contributed by atoms with van der Waals surface area (Å²) in [7, 11) is 0. The van der Waals surface area contributed by atoms with Crippen LogP contribution in [0.3, 0.4) is 0 Å². The summed E-state index contributed by atoms with van der Waals surface area (Å²) in [5.41, 5.74) is 0. The quantitative estimate of drug-likeness (QED) is 0.695. The molecule has 0 radical (unpaired) electrons. The number of nitrogens with one attached hydrogen (secondary N) is 1. The smallest absolute Gasteiger partial charge is 0.220 e. The van der Waals surface area contributed by atoms with E-state index in [1.165, 1.54) is 19.3 Å². The normalized spacial score (nSPS) is 16.2. The molecule has 0 spiro atoms. The third-order valence-corrected chi connectivity index (χ3v) is 4.76. The maximum atomic E-state index is 12.2. The summed E-state index contributed by atoms with van der Waals surface area (Å²) in [4.78, 5) is 14.6. The molecule has 1 fully saturated rings. The van der Waals surface area contributed by atoms with Gasteiger partial charge in [0, 0.05) is 13.0 Å². The van der Waals surface area contributed by atoms with Crippen LogP contribution in [-0.4, -0.2) is 37.0 Å². The SMILES string of the molecule is O=C(CCCOc1ccccc1)NCC(c1ccco1)N1CCCCC1. The van der Waals surface area contributed by atoms with E-state index < -0.39 is 0 Å². The molecule has 140 valence electrons. The minimum atomic E-state index is 0.0650. The number of amides is 1. The third-order valence-electron chi connectivity index (χ3n) is 4.76. The number of hydrogen-bond donors (Lipinski definition) is 1. The molecule has 1 amide bonds. The predicted octanol–water partition coefficient (Wildman–Crippen LogP) is 3.78. The number of rotatable bonds is 9. The fraction of sp³-hybridized carbons (Fsp3) is 0.476. The number of carbonyl (C=O) groups is 1. The van der Waals surface area contributed by atoms with Crippen LogP contribution in [-0.2, 0) is 4.79 Å². The highest BCUT2D eigenvalue weighted by Crippen LogP contribution is 2.24. The molecule has 0 saturated carbocycles. The van der Waals surface area contributed by atoms with Crippen LogP contribution in [0.5, 0.6) is 5.75 Å². The van der Waals surface area contributed by atoms with Gasteiger partial charge in [0.1, 0.15) is 11.5 Å². The van der Waals surface area contributed by atoms with Gasteiger partial charge in [0.25, 0.3) is 0 Å². The molecule has 1 N–H and O–H groups in total. The number of furan rings is 1. The van der Waals surface area contributed by atoms with Crippen LogP contribution in [0.2, 0.25) is 0 Å². The fourth-order valence-corrected chi connectivity index (χ4v) is 3.36. The lowest BCUT2D eigenvalue weighted by Gasteiger charge is -2.33. The van der Waals surface area contributed by atoms with Crippen molar-refractivity contribution in [3.8, 4) is 5.75 Å². The Morgan fingerprint density at radius 1 is 1.12 bits per heavy atom. The number of piperidine rings is 1.